The zero-order valence-corrected chi connectivity index (χ0v) is 9.36. The third-order valence-corrected chi connectivity index (χ3v) is 3.18. The number of carbonyl (C=O) groups is 1. The van der Waals surface area contributed by atoms with Gasteiger partial charge in [0.2, 0.25) is 0 Å². The Morgan fingerprint density at radius 2 is 2.18 bits per heavy atom. The van der Waals surface area contributed by atoms with Crippen LogP contribution in [0.15, 0.2) is 40.1 Å². The van der Waals surface area contributed by atoms with Crippen LogP contribution < -0.4 is 5.11 Å². The number of furan rings is 1. The maximum atomic E-state index is 10.6. The Kier molecular flexibility index (Phi) is 2.19. The van der Waals surface area contributed by atoms with Gasteiger partial charge in [-0.15, -0.1) is 11.3 Å². The molecule has 0 saturated heterocycles. The van der Waals surface area contributed by atoms with E-state index in [1.807, 2.05) is 30.3 Å². The highest BCUT2D eigenvalue weighted by Crippen LogP contribution is 2.28. The average molecular weight is 244 g/mol. The van der Waals surface area contributed by atoms with Crippen molar-refractivity contribution in [3.63, 3.8) is 0 Å². The first-order valence-electron chi connectivity index (χ1n) is 4.90. The van der Waals surface area contributed by atoms with E-state index in [-0.39, 0.29) is 5.01 Å². The van der Waals surface area contributed by atoms with Crippen molar-refractivity contribution < 1.29 is 14.3 Å². The molecule has 84 valence electrons. The molecule has 17 heavy (non-hydrogen) atoms. The summed E-state index contributed by atoms with van der Waals surface area (Å²) in [5.74, 6) is -0.702. The first-order valence-corrected chi connectivity index (χ1v) is 5.78. The summed E-state index contributed by atoms with van der Waals surface area (Å²) in [4.78, 5) is 14.6. The van der Waals surface area contributed by atoms with Gasteiger partial charge in [0.1, 0.15) is 22.3 Å². The van der Waals surface area contributed by atoms with Crippen molar-refractivity contribution in [2.45, 2.75) is 0 Å². The number of aromatic nitrogens is 1. The van der Waals surface area contributed by atoms with E-state index in [4.69, 9.17) is 4.42 Å². The van der Waals surface area contributed by atoms with Crippen LogP contribution in [0.25, 0.3) is 22.4 Å². The number of carboxylic acid groups (broad SMARTS) is 1. The van der Waals surface area contributed by atoms with E-state index in [0.29, 0.717) is 11.5 Å². The summed E-state index contributed by atoms with van der Waals surface area (Å²) in [7, 11) is 0. The minimum Gasteiger partial charge on any atom is -0.542 e. The summed E-state index contributed by atoms with van der Waals surface area (Å²) in [6.07, 6.45) is 0. The highest BCUT2D eigenvalue weighted by molar-refractivity contribution is 7.11. The van der Waals surface area contributed by atoms with Gasteiger partial charge in [-0.2, -0.15) is 0 Å². The molecule has 3 aromatic rings. The van der Waals surface area contributed by atoms with Gasteiger partial charge in [0.05, 0.1) is 0 Å². The summed E-state index contributed by atoms with van der Waals surface area (Å²) in [5.41, 5.74) is 1.27. The normalized spacial score (nSPS) is 10.8. The standard InChI is InChI=1S/C12H7NO3S/c14-12(15)11-13-8(6-17-11)10-5-7-3-1-2-4-9(7)16-10/h1-6H,(H,14,15)/p-1. The Hall–Kier alpha value is -2.14. The third kappa shape index (κ3) is 1.70. The fourth-order valence-corrected chi connectivity index (χ4v) is 2.23. The predicted molar refractivity (Wildman–Crippen MR) is 61.7 cm³/mol. The Labute approximate surface area is 100 Å². The van der Waals surface area contributed by atoms with Gasteiger partial charge in [-0.05, 0) is 12.1 Å². The molecule has 5 heteroatoms. The molecular formula is C12H6NO3S-. The minimum absolute atomic E-state index is 0.0412. The molecule has 2 heterocycles. The SMILES string of the molecule is O=C([O-])c1nc(-c2cc3ccccc3o2)cs1. The summed E-state index contributed by atoms with van der Waals surface area (Å²) in [6.45, 7) is 0. The van der Waals surface area contributed by atoms with Crippen molar-refractivity contribution in [3.05, 3.63) is 40.7 Å². The van der Waals surface area contributed by atoms with Crippen LogP contribution in [0.4, 0.5) is 0 Å². The van der Waals surface area contributed by atoms with E-state index >= 15 is 0 Å². The van der Waals surface area contributed by atoms with E-state index in [0.717, 1.165) is 22.3 Å². The van der Waals surface area contributed by atoms with E-state index in [2.05, 4.69) is 4.98 Å². The maximum absolute atomic E-state index is 10.6. The number of thiazole rings is 1. The van der Waals surface area contributed by atoms with Gasteiger partial charge < -0.3 is 14.3 Å². The van der Waals surface area contributed by atoms with E-state index in [1.165, 1.54) is 0 Å². The molecule has 1 aromatic carbocycles. The fraction of sp³-hybridized carbons (Fsp3) is 0. The first kappa shape index (κ1) is 10.0. The van der Waals surface area contributed by atoms with Gasteiger partial charge in [0, 0.05) is 10.8 Å². The van der Waals surface area contributed by atoms with Crippen molar-refractivity contribution in [2.75, 3.05) is 0 Å². The van der Waals surface area contributed by atoms with Crippen LogP contribution in [0, 0.1) is 0 Å². The second-order valence-electron chi connectivity index (χ2n) is 3.47. The Balaban J connectivity index is 2.10. The largest absolute Gasteiger partial charge is 0.542 e. The summed E-state index contributed by atoms with van der Waals surface area (Å²) in [6, 6.07) is 9.40. The fourth-order valence-electron chi connectivity index (χ4n) is 1.59. The van der Waals surface area contributed by atoms with Crippen LogP contribution in [-0.2, 0) is 0 Å². The van der Waals surface area contributed by atoms with Crippen LogP contribution in [0.5, 0.6) is 0 Å². The third-order valence-electron chi connectivity index (χ3n) is 2.36. The Bertz CT molecular complexity index is 665. The minimum atomic E-state index is -1.27. The van der Waals surface area contributed by atoms with Gasteiger partial charge in [0.15, 0.2) is 5.76 Å². The number of aromatic carboxylic acids is 1. The first-order chi connectivity index (χ1) is 8.24. The van der Waals surface area contributed by atoms with E-state index in [1.54, 1.807) is 5.38 Å². The van der Waals surface area contributed by atoms with Crippen LogP contribution in [0.3, 0.4) is 0 Å². The van der Waals surface area contributed by atoms with E-state index < -0.39 is 5.97 Å². The van der Waals surface area contributed by atoms with Crippen LogP contribution >= 0.6 is 11.3 Å². The number of carbonyl (C=O) groups excluding carboxylic acids is 1. The number of hydrogen-bond donors (Lipinski definition) is 0. The lowest BCUT2D eigenvalue weighted by Gasteiger charge is -1.92. The lowest BCUT2D eigenvalue weighted by molar-refractivity contribution is -0.255. The molecule has 0 saturated carbocycles. The average Bonchev–Trinajstić information content (AvgIpc) is 2.95. The number of hydrogen-bond acceptors (Lipinski definition) is 5. The lowest BCUT2D eigenvalue weighted by Crippen LogP contribution is -2.21. The monoisotopic (exact) mass is 244 g/mol. The molecule has 0 aliphatic heterocycles. The van der Waals surface area contributed by atoms with Crippen molar-refractivity contribution in [3.8, 4) is 11.5 Å². The molecule has 0 radical (unpaired) electrons. The van der Waals surface area contributed by atoms with Gasteiger partial charge in [-0.3, -0.25) is 0 Å². The van der Waals surface area contributed by atoms with Gasteiger partial charge in [-0.1, -0.05) is 18.2 Å². The molecular weight excluding hydrogens is 238 g/mol. The Morgan fingerprint density at radius 1 is 1.35 bits per heavy atom. The topological polar surface area (TPSA) is 66.2 Å². The molecule has 0 amide bonds. The smallest absolute Gasteiger partial charge is 0.154 e. The summed E-state index contributed by atoms with van der Waals surface area (Å²) in [5, 5.41) is 13.2. The van der Waals surface area contributed by atoms with E-state index in [9.17, 15) is 9.90 Å². The van der Waals surface area contributed by atoms with Crippen LogP contribution in [-0.4, -0.2) is 11.0 Å². The molecule has 0 unspecified atom stereocenters. The molecule has 0 spiro atoms. The van der Waals surface area contributed by atoms with Gasteiger partial charge in [0.25, 0.3) is 0 Å². The summed E-state index contributed by atoms with van der Waals surface area (Å²) >= 11 is 1.03. The molecule has 0 fully saturated rings. The van der Waals surface area contributed by atoms with Crippen LogP contribution in [0.2, 0.25) is 0 Å². The highest BCUT2D eigenvalue weighted by atomic mass is 32.1. The highest BCUT2D eigenvalue weighted by Gasteiger charge is 2.10. The molecule has 2 aromatic heterocycles. The summed E-state index contributed by atoms with van der Waals surface area (Å²) < 4.78 is 5.58. The quantitative estimate of drug-likeness (QED) is 0.690. The molecule has 0 aliphatic rings. The zero-order valence-electron chi connectivity index (χ0n) is 8.54. The molecule has 4 nitrogen and oxygen atoms in total. The second kappa shape index (κ2) is 3.71. The van der Waals surface area contributed by atoms with Crippen molar-refractivity contribution in [1.82, 2.24) is 4.98 Å². The second-order valence-corrected chi connectivity index (χ2v) is 4.33. The number of nitrogens with zero attached hydrogens (tertiary/aromatic N) is 1. The van der Waals surface area contributed by atoms with Crippen LogP contribution in [0.1, 0.15) is 9.80 Å². The van der Waals surface area contributed by atoms with Crippen molar-refractivity contribution >= 4 is 28.3 Å². The lowest BCUT2D eigenvalue weighted by atomic mass is 10.2. The zero-order chi connectivity index (χ0) is 11.8. The van der Waals surface area contributed by atoms with Crippen molar-refractivity contribution in [2.24, 2.45) is 0 Å². The number of fused-ring (bicyclic) bond motifs is 1. The molecule has 0 N–H and O–H groups in total. The predicted octanol–water partition coefficient (Wildman–Crippen LogP) is 1.92. The number of carboxylic acids is 1. The molecule has 0 atom stereocenters. The number of para-hydroxylation sites is 1. The number of rotatable bonds is 2. The van der Waals surface area contributed by atoms with Crippen molar-refractivity contribution in [1.29, 1.82) is 0 Å². The number of benzene rings is 1. The molecule has 0 bridgehead atoms. The maximum Gasteiger partial charge on any atom is 0.154 e. The van der Waals surface area contributed by atoms with Gasteiger partial charge >= 0.3 is 0 Å². The molecule has 3 rings (SSSR count). The molecule has 0 aliphatic carbocycles. The van der Waals surface area contributed by atoms with Gasteiger partial charge in [-0.25, -0.2) is 4.98 Å². The Morgan fingerprint density at radius 3 is 2.88 bits per heavy atom.